The molecule has 0 saturated carbocycles. The average Bonchev–Trinajstić information content (AvgIpc) is 2.71. The molecule has 0 unspecified atom stereocenters. The molecule has 0 spiro atoms. The van der Waals surface area contributed by atoms with Crippen LogP contribution < -0.4 is 0 Å². The molecule has 0 aromatic heterocycles. The molecule has 0 fully saturated rings. The third-order valence-electron chi connectivity index (χ3n) is 0.586. The summed E-state index contributed by atoms with van der Waals surface area (Å²) < 4.78 is 0. The maximum Gasteiger partial charge on any atom is 0.0319 e. The molecule has 0 heterocycles. The molecule has 4 heteroatoms. The van der Waals surface area contributed by atoms with Gasteiger partial charge in [0.05, 0.1) is 0 Å². The van der Waals surface area contributed by atoms with Gasteiger partial charge in [0.1, 0.15) is 0 Å². The van der Waals surface area contributed by atoms with Crippen molar-refractivity contribution in [2.45, 2.75) is 6.42 Å². The molecule has 0 aromatic rings. The topological polar surface area (TPSA) is 60.7 Å². The van der Waals surface area contributed by atoms with Crippen molar-refractivity contribution in [1.82, 2.24) is 0 Å². The number of rotatable bonds is 0. The molecule has 1 rings (SSSR count). The summed E-state index contributed by atoms with van der Waals surface area (Å²) in [7, 11) is 3.00. The fraction of sp³-hybridized carbons (Fsp3) is 0.308. The Hall–Kier alpha value is 0.243. The molecule has 1 aliphatic rings. The molecular weight excluding hydrogens is 295 g/mol. The van der Waals surface area contributed by atoms with Gasteiger partial charge < -0.3 is 52.5 Å². The quantitative estimate of drug-likeness (QED) is 0.599. The maximum atomic E-state index is 7.00. The first-order valence-electron chi connectivity index (χ1n) is 3.06. The number of aliphatic hydroxyl groups is 3. The van der Waals surface area contributed by atoms with Gasteiger partial charge in [0.15, 0.2) is 0 Å². The Bertz CT molecular complexity index is 74.7. The second-order valence-corrected chi connectivity index (χ2v) is 1.00. The number of hydrogen-bond acceptors (Lipinski definition) is 3. The third-order valence-corrected chi connectivity index (χ3v) is 0.586. The van der Waals surface area contributed by atoms with E-state index in [1.165, 1.54) is 0 Å². The van der Waals surface area contributed by atoms with Gasteiger partial charge in [0, 0.05) is 47.5 Å². The van der Waals surface area contributed by atoms with E-state index in [4.69, 9.17) is 15.3 Å². The van der Waals surface area contributed by atoms with Crippen molar-refractivity contribution < 1.29 is 41.5 Å². The standard InChI is InChI=1S/C5H5.3CH4O.5CH3.Zr/c1-2-4-5-3-1;3*1-2;;;;;;/h1-3H,4H2;3*2H,1H3;5*1H3;/q-1;;;;5*-1;. The molecule has 1 aliphatic carbocycles. The molecule has 0 aromatic carbocycles. The van der Waals surface area contributed by atoms with Crippen LogP contribution in [-0.4, -0.2) is 36.6 Å². The molecule has 0 radical (unpaired) electrons. The zero-order chi connectivity index (χ0) is 9.54. The van der Waals surface area contributed by atoms with Crippen LogP contribution in [0.1, 0.15) is 6.42 Å². The smallest absolute Gasteiger partial charge is 0.0319 e. The van der Waals surface area contributed by atoms with Crippen LogP contribution in [0.4, 0.5) is 0 Å². The maximum absolute atomic E-state index is 7.00. The van der Waals surface area contributed by atoms with Crippen molar-refractivity contribution in [2.75, 3.05) is 21.3 Å². The second kappa shape index (κ2) is 137. The first-order valence-corrected chi connectivity index (χ1v) is 3.06. The van der Waals surface area contributed by atoms with E-state index in [0.29, 0.717) is 0 Å². The van der Waals surface area contributed by atoms with Gasteiger partial charge >= 0.3 is 0 Å². The van der Waals surface area contributed by atoms with E-state index in [1.807, 2.05) is 12.2 Å². The van der Waals surface area contributed by atoms with E-state index in [0.717, 1.165) is 27.8 Å². The van der Waals surface area contributed by atoms with Crippen LogP contribution in [-0.2, 0) is 26.2 Å². The molecule has 112 valence electrons. The Balaban J connectivity index is -0.00000000705. The van der Waals surface area contributed by atoms with E-state index >= 15 is 0 Å². The fourth-order valence-electron chi connectivity index (χ4n) is 0.340. The van der Waals surface area contributed by atoms with Gasteiger partial charge in [-0.1, -0.05) is 0 Å². The van der Waals surface area contributed by atoms with Gasteiger partial charge in [-0.2, -0.15) is 6.08 Å². The first kappa shape index (κ1) is 67.0. The van der Waals surface area contributed by atoms with Crippen molar-refractivity contribution in [3.8, 4) is 0 Å². The Kier molecular flexibility index (Phi) is 541. The zero-order valence-corrected chi connectivity index (χ0v) is 15.2. The van der Waals surface area contributed by atoms with E-state index in [1.54, 1.807) is 0 Å². The molecular formula is C13H32O3Zr-6. The average molecular weight is 328 g/mol. The summed E-state index contributed by atoms with van der Waals surface area (Å²) in [5.74, 6) is 0. The van der Waals surface area contributed by atoms with Crippen molar-refractivity contribution >= 4 is 0 Å². The van der Waals surface area contributed by atoms with Gasteiger partial charge in [-0.05, 0) is 0 Å². The van der Waals surface area contributed by atoms with Gasteiger partial charge in [-0.25, -0.2) is 12.2 Å². The van der Waals surface area contributed by atoms with Crippen LogP contribution in [0.5, 0.6) is 0 Å². The number of hydrogen-bond donors (Lipinski definition) is 3. The second-order valence-electron chi connectivity index (χ2n) is 1.00. The van der Waals surface area contributed by atoms with Crippen LogP contribution in [0.25, 0.3) is 0 Å². The van der Waals surface area contributed by atoms with E-state index in [2.05, 4.69) is 12.2 Å². The van der Waals surface area contributed by atoms with Crippen LogP contribution in [0, 0.1) is 43.2 Å². The Morgan fingerprint density at radius 3 is 1.12 bits per heavy atom. The Morgan fingerprint density at radius 1 is 0.765 bits per heavy atom. The SMILES string of the molecule is CO.CO.CO.[C-]1=CC=CC1.[CH3-].[CH3-].[CH3-].[CH3-].[CH3-].[Zr]. The molecule has 3 N–H and O–H groups in total. The monoisotopic (exact) mass is 326 g/mol. The van der Waals surface area contributed by atoms with E-state index < -0.39 is 0 Å². The number of aliphatic hydroxyl groups excluding tert-OH is 3. The minimum Gasteiger partial charge on any atom is -0.400 e. The largest absolute Gasteiger partial charge is 0.400 e. The van der Waals surface area contributed by atoms with Gasteiger partial charge in [0.2, 0.25) is 0 Å². The van der Waals surface area contributed by atoms with E-state index in [9.17, 15) is 0 Å². The Labute approximate surface area is 130 Å². The van der Waals surface area contributed by atoms with E-state index in [-0.39, 0.29) is 63.3 Å². The molecule has 0 atom stereocenters. The van der Waals surface area contributed by atoms with Crippen LogP contribution in [0.15, 0.2) is 18.2 Å². The summed E-state index contributed by atoms with van der Waals surface area (Å²) in [5.41, 5.74) is 0. The molecule has 3 nitrogen and oxygen atoms in total. The van der Waals surface area contributed by atoms with Crippen LogP contribution >= 0.6 is 0 Å². The summed E-state index contributed by atoms with van der Waals surface area (Å²) in [6, 6.07) is 0. The molecule has 0 amide bonds. The molecule has 0 bridgehead atoms. The molecule has 17 heavy (non-hydrogen) atoms. The molecule has 0 saturated heterocycles. The van der Waals surface area contributed by atoms with Gasteiger partial charge in [0.25, 0.3) is 0 Å². The summed E-state index contributed by atoms with van der Waals surface area (Å²) in [4.78, 5) is 0. The molecule has 0 aliphatic heterocycles. The summed E-state index contributed by atoms with van der Waals surface area (Å²) in [6.45, 7) is 0. The fourth-order valence-corrected chi connectivity index (χ4v) is 0.340. The van der Waals surface area contributed by atoms with Crippen molar-refractivity contribution in [1.29, 1.82) is 0 Å². The minimum absolute atomic E-state index is 0. The Morgan fingerprint density at radius 2 is 1.06 bits per heavy atom. The predicted octanol–water partition coefficient (Wildman–Crippen LogP) is 2.38. The number of allylic oxidation sites excluding steroid dienone is 4. The van der Waals surface area contributed by atoms with Gasteiger partial charge in [-0.3, -0.25) is 6.08 Å². The third kappa shape index (κ3) is 120. The summed E-state index contributed by atoms with van der Waals surface area (Å²) in [5, 5.41) is 21.0. The summed E-state index contributed by atoms with van der Waals surface area (Å²) >= 11 is 0. The van der Waals surface area contributed by atoms with Crippen molar-refractivity contribution in [3.63, 3.8) is 0 Å². The van der Waals surface area contributed by atoms with Crippen LogP contribution in [0.2, 0.25) is 0 Å². The van der Waals surface area contributed by atoms with Crippen molar-refractivity contribution in [3.05, 3.63) is 61.4 Å². The first-order chi connectivity index (χ1) is 5.50. The summed E-state index contributed by atoms with van der Waals surface area (Å²) in [6.07, 6.45) is 10.0. The van der Waals surface area contributed by atoms with Gasteiger partial charge in [-0.15, -0.1) is 6.42 Å². The predicted molar refractivity (Wildman–Crippen MR) is 78.1 cm³/mol. The van der Waals surface area contributed by atoms with Crippen LogP contribution in [0.3, 0.4) is 0 Å². The normalized spacial score (nSPS) is 6.24. The van der Waals surface area contributed by atoms with Crippen molar-refractivity contribution in [2.24, 2.45) is 0 Å². The minimum atomic E-state index is 0. The zero-order valence-electron chi connectivity index (χ0n) is 12.8.